The quantitative estimate of drug-likeness (QED) is 0.0323. The Labute approximate surface area is 464 Å². The molecule has 3 aliphatic heterocycles. The van der Waals surface area contributed by atoms with E-state index in [9.17, 15) is 38.7 Å². The topological polar surface area (TPSA) is 249 Å². The van der Waals surface area contributed by atoms with E-state index in [0.717, 1.165) is 61.8 Å². The van der Waals surface area contributed by atoms with Crippen molar-refractivity contribution in [2.24, 2.45) is 5.92 Å². The number of nitrogens with one attached hydrogen (secondary N) is 6. The molecule has 3 aromatic carbocycles. The van der Waals surface area contributed by atoms with Crippen molar-refractivity contribution in [1.82, 2.24) is 41.7 Å². The summed E-state index contributed by atoms with van der Waals surface area (Å²) in [5.41, 5.74) is 9.06. The minimum Gasteiger partial charge on any atom is -0.457 e. The van der Waals surface area contributed by atoms with E-state index in [1.54, 1.807) is 41.4 Å². The van der Waals surface area contributed by atoms with Gasteiger partial charge in [0.25, 0.3) is 5.91 Å². The van der Waals surface area contributed by atoms with Crippen LogP contribution in [0, 0.1) is 5.92 Å². The number of ketones is 2. The summed E-state index contributed by atoms with van der Waals surface area (Å²) >= 11 is 0. The Bertz CT molecular complexity index is 2530. The number of hydrogen-bond acceptors (Lipinski definition) is 15. The second kappa shape index (κ2) is 30.6. The maximum Gasteiger partial charge on any atom is 0.251 e. The maximum absolute atomic E-state index is 14.0. The van der Waals surface area contributed by atoms with Crippen LogP contribution in [0.25, 0.3) is 0 Å². The van der Waals surface area contributed by atoms with Crippen LogP contribution in [0.1, 0.15) is 125 Å². The molecule has 7 rings (SSSR count). The molecule has 3 aromatic rings. The van der Waals surface area contributed by atoms with Gasteiger partial charge in [-0.15, -0.1) is 5.53 Å². The van der Waals surface area contributed by atoms with Crippen LogP contribution < -0.4 is 37.0 Å². The highest BCUT2D eigenvalue weighted by Gasteiger charge is 2.55. The molecule has 20 nitrogen and oxygen atoms in total. The maximum atomic E-state index is 14.0. The van der Waals surface area contributed by atoms with Gasteiger partial charge < -0.3 is 50.9 Å². The van der Waals surface area contributed by atoms with E-state index in [0.29, 0.717) is 121 Å². The fourth-order valence-electron chi connectivity index (χ4n) is 10.5. The van der Waals surface area contributed by atoms with Gasteiger partial charge in [-0.2, -0.15) is 0 Å². The molecule has 7 N–H and O–H groups in total. The SMILES string of the molecule is CCCCN1C(=O)[C@@H]([C@@H](O)C2CCCCC2)NC(=O)C12CCN(Cc1ccc(Oc3ccc(C(=O)NCCOCCOCCN4C=C(CNC(=O)CCCC(=O)Nc5ccc(CCC(=O)CC(C)=O)cc5)NN4)cc3)cc1)CC2. The third-order valence-electron chi connectivity index (χ3n) is 15.0. The van der Waals surface area contributed by atoms with Crippen molar-refractivity contribution in [1.29, 1.82) is 0 Å². The Morgan fingerprint density at radius 2 is 1.44 bits per heavy atom. The van der Waals surface area contributed by atoms with E-state index < -0.39 is 17.7 Å². The number of aryl methyl sites for hydroxylation is 1. The second-order valence-electron chi connectivity index (χ2n) is 21.1. The Hall–Kier alpha value is -6.71. The Morgan fingerprint density at radius 3 is 2.14 bits per heavy atom. The summed E-state index contributed by atoms with van der Waals surface area (Å²) in [5.74, 6) is 0.212. The third kappa shape index (κ3) is 18.4. The first-order valence-electron chi connectivity index (χ1n) is 28.3. The molecule has 0 unspecified atom stereocenters. The van der Waals surface area contributed by atoms with E-state index in [4.69, 9.17) is 14.2 Å². The highest BCUT2D eigenvalue weighted by molar-refractivity contribution is 6.00. The predicted molar refractivity (Wildman–Crippen MR) is 297 cm³/mol. The monoisotopic (exact) mass is 1090 g/mol. The van der Waals surface area contributed by atoms with Crippen molar-refractivity contribution in [3.05, 3.63) is 101 Å². The summed E-state index contributed by atoms with van der Waals surface area (Å²) in [5, 5.41) is 24.6. The van der Waals surface area contributed by atoms with Gasteiger partial charge in [-0.1, -0.05) is 56.9 Å². The summed E-state index contributed by atoms with van der Waals surface area (Å²) in [6.45, 7) is 8.67. The molecular formula is C59H81N9O11. The number of unbranched alkanes of at least 4 members (excludes halogenated alkanes) is 1. The van der Waals surface area contributed by atoms with E-state index >= 15 is 0 Å². The molecular weight excluding hydrogens is 1010 g/mol. The van der Waals surface area contributed by atoms with E-state index in [2.05, 4.69) is 44.1 Å². The molecule has 1 aliphatic carbocycles. The zero-order valence-corrected chi connectivity index (χ0v) is 46.0. The molecule has 2 atom stereocenters. The molecule has 3 heterocycles. The van der Waals surface area contributed by atoms with Crippen molar-refractivity contribution in [2.45, 2.75) is 134 Å². The van der Waals surface area contributed by atoms with Crippen LogP contribution in [0.2, 0.25) is 0 Å². The highest BCUT2D eigenvalue weighted by Crippen LogP contribution is 2.37. The van der Waals surface area contributed by atoms with Crippen molar-refractivity contribution in [3.8, 4) is 11.5 Å². The zero-order valence-electron chi connectivity index (χ0n) is 46.0. The largest absolute Gasteiger partial charge is 0.457 e. The molecule has 1 spiro atoms. The molecule has 428 valence electrons. The van der Waals surface area contributed by atoms with Gasteiger partial charge in [0.15, 0.2) is 0 Å². The van der Waals surface area contributed by atoms with Crippen LogP contribution in [0.15, 0.2) is 84.7 Å². The van der Waals surface area contributed by atoms with Gasteiger partial charge in [0.1, 0.15) is 34.6 Å². The van der Waals surface area contributed by atoms with Gasteiger partial charge in [-0.3, -0.25) is 43.5 Å². The number of aliphatic hydroxyl groups excluding tert-OH is 1. The average Bonchev–Trinajstić information content (AvgIpc) is 3.97. The molecule has 0 radical (unpaired) electrons. The first-order chi connectivity index (χ1) is 38.3. The van der Waals surface area contributed by atoms with Crippen molar-refractivity contribution < 1.29 is 52.9 Å². The number of Topliss-reactive ketones (excluding diaryl/α,β-unsaturated/α-hetero) is 2. The molecule has 79 heavy (non-hydrogen) atoms. The molecule has 3 fully saturated rings. The first kappa shape index (κ1) is 59.9. The lowest BCUT2D eigenvalue weighted by atomic mass is 9.78. The van der Waals surface area contributed by atoms with Gasteiger partial charge in [-0.25, -0.2) is 0 Å². The number of nitrogens with zero attached hydrogens (tertiary/aromatic N) is 3. The molecule has 5 amide bonds. The number of piperazine rings is 1. The summed E-state index contributed by atoms with van der Waals surface area (Å²) in [4.78, 5) is 92.6. The summed E-state index contributed by atoms with van der Waals surface area (Å²) < 4.78 is 17.4. The molecule has 4 aliphatic rings. The number of benzene rings is 3. The average molecular weight is 1090 g/mol. The zero-order chi connectivity index (χ0) is 56.0. The van der Waals surface area contributed by atoms with Crippen LogP contribution in [-0.2, 0) is 51.2 Å². The number of anilines is 1. The van der Waals surface area contributed by atoms with Crippen molar-refractivity contribution in [2.75, 3.05) is 71.0 Å². The summed E-state index contributed by atoms with van der Waals surface area (Å²) in [6.07, 6.45) is 10.4. The highest BCUT2D eigenvalue weighted by atomic mass is 16.5. The van der Waals surface area contributed by atoms with E-state index in [1.165, 1.54) is 6.92 Å². The summed E-state index contributed by atoms with van der Waals surface area (Å²) in [6, 6.07) is 21.2. The van der Waals surface area contributed by atoms with Crippen LogP contribution in [-0.4, -0.2) is 144 Å². The number of hydrazine groups is 2. The van der Waals surface area contributed by atoms with Gasteiger partial charge in [-0.05, 0) is 117 Å². The third-order valence-corrected chi connectivity index (χ3v) is 15.0. The van der Waals surface area contributed by atoms with Gasteiger partial charge in [0.05, 0.1) is 57.7 Å². The molecule has 2 saturated heterocycles. The van der Waals surface area contributed by atoms with Crippen molar-refractivity contribution >= 4 is 46.8 Å². The van der Waals surface area contributed by atoms with Gasteiger partial charge in [0.2, 0.25) is 23.6 Å². The van der Waals surface area contributed by atoms with Crippen LogP contribution in [0.4, 0.5) is 5.69 Å². The predicted octanol–water partition coefficient (Wildman–Crippen LogP) is 5.22. The Morgan fingerprint density at radius 1 is 0.772 bits per heavy atom. The lowest BCUT2D eigenvalue weighted by Gasteiger charge is -2.52. The second-order valence-corrected chi connectivity index (χ2v) is 21.1. The number of likely N-dealkylation sites (tertiary alicyclic amines) is 1. The summed E-state index contributed by atoms with van der Waals surface area (Å²) in [7, 11) is 0. The first-order valence-corrected chi connectivity index (χ1v) is 28.3. The van der Waals surface area contributed by atoms with Gasteiger partial charge >= 0.3 is 0 Å². The van der Waals surface area contributed by atoms with Gasteiger partial charge in [0, 0.05) is 69.4 Å². The van der Waals surface area contributed by atoms with E-state index in [1.807, 2.05) is 47.5 Å². The minimum atomic E-state index is -0.894. The molecule has 0 aromatic heterocycles. The number of carbonyl (C=O) groups excluding carboxylic acids is 7. The number of amides is 5. The Kier molecular flexibility index (Phi) is 23.2. The number of hydrogen-bond donors (Lipinski definition) is 7. The number of aliphatic hydroxyl groups is 1. The molecule has 1 saturated carbocycles. The standard InChI is InChI=1S/C59H81N9O11/c1-3-4-30-68-57(75)54(55(73)45-9-6-5-7-10-45)63-58(76)59(68)27-31-66(32-28-59)40-44-16-23-50(24-17-44)79-51-25-18-46(19-26-51)56(74)60-29-34-77-36-37-78-35-33-67-41-48(64-65-67)39-61-52(71)11-8-12-53(72)62-47-20-13-43(14-21-47)15-22-49(70)38-42(2)69/h13-14,16-21,23-26,41,45,54-55,64-65,73H,3-12,15,22,27-40H2,1-2H3,(H,60,74)(H,61,71)(H,62,72)(H,63,76)/t54-,55+/m1/s1. The molecule has 0 bridgehead atoms. The normalized spacial score (nSPS) is 17.9. The lowest BCUT2D eigenvalue weighted by molar-refractivity contribution is -0.166. The van der Waals surface area contributed by atoms with Crippen LogP contribution in [0.3, 0.4) is 0 Å². The smallest absolute Gasteiger partial charge is 0.251 e. The molecule has 20 heteroatoms. The number of rotatable bonds is 31. The number of piperidine rings is 1. The Balaban J connectivity index is 0.698. The lowest BCUT2D eigenvalue weighted by Crippen LogP contribution is -2.75. The number of ether oxygens (including phenoxy) is 3. The number of carbonyl (C=O) groups is 7. The van der Waals surface area contributed by atoms with Crippen LogP contribution >= 0.6 is 0 Å². The fourth-order valence-corrected chi connectivity index (χ4v) is 10.5. The fraction of sp³-hybridized carbons (Fsp3) is 0.542. The van der Waals surface area contributed by atoms with Crippen LogP contribution in [0.5, 0.6) is 11.5 Å². The van der Waals surface area contributed by atoms with Crippen molar-refractivity contribution in [3.63, 3.8) is 0 Å². The van der Waals surface area contributed by atoms with E-state index in [-0.39, 0.29) is 72.8 Å². The minimum absolute atomic E-state index is 0.0388.